The first-order chi connectivity index (χ1) is 15.5. The van der Waals surface area contributed by atoms with Crippen LogP contribution in [0.15, 0.2) is 53.0 Å². The molecule has 7 heteroatoms. The van der Waals surface area contributed by atoms with Crippen LogP contribution in [-0.2, 0) is 4.79 Å². The van der Waals surface area contributed by atoms with Gasteiger partial charge >= 0.3 is 0 Å². The Morgan fingerprint density at radius 2 is 1.72 bits per heavy atom. The fourth-order valence-corrected chi connectivity index (χ4v) is 5.25. The van der Waals surface area contributed by atoms with Crippen LogP contribution in [0.5, 0.6) is 5.75 Å². The van der Waals surface area contributed by atoms with E-state index in [0.717, 1.165) is 28.8 Å². The minimum atomic E-state index is -0.164. The zero-order chi connectivity index (χ0) is 22.5. The van der Waals surface area contributed by atoms with Crippen molar-refractivity contribution in [3.05, 3.63) is 58.6 Å². The molecular formula is C25H30BrN3O3. The van der Waals surface area contributed by atoms with Crippen LogP contribution >= 0.6 is 15.9 Å². The van der Waals surface area contributed by atoms with Gasteiger partial charge in [-0.05, 0) is 61.2 Å². The molecule has 1 unspecified atom stereocenters. The molecule has 4 rings (SSSR count). The first-order valence-corrected chi connectivity index (χ1v) is 12.1. The zero-order valence-electron chi connectivity index (χ0n) is 18.4. The van der Waals surface area contributed by atoms with Gasteiger partial charge in [-0.25, -0.2) is 0 Å². The number of ether oxygens (including phenoxy) is 1. The highest BCUT2D eigenvalue weighted by molar-refractivity contribution is 9.10. The highest BCUT2D eigenvalue weighted by Gasteiger charge is 2.37. The van der Waals surface area contributed by atoms with Crippen LogP contribution in [0.25, 0.3) is 0 Å². The molecule has 2 aromatic carbocycles. The van der Waals surface area contributed by atoms with E-state index in [1.807, 2.05) is 53.4 Å². The molecule has 1 aliphatic carbocycles. The summed E-state index contributed by atoms with van der Waals surface area (Å²) in [4.78, 5) is 30.4. The number of hydrogen-bond donors (Lipinski definition) is 1. The molecule has 1 atom stereocenters. The number of hydrogen-bond acceptors (Lipinski definition) is 4. The lowest BCUT2D eigenvalue weighted by molar-refractivity contribution is -0.123. The number of halogens is 1. The molecule has 6 nitrogen and oxygen atoms in total. The number of nitrogens with zero attached hydrogens (tertiary/aromatic N) is 2. The average molecular weight is 500 g/mol. The summed E-state index contributed by atoms with van der Waals surface area (Å²) in [5, 5.41) is 3.11. The van der Waals surface area contributed by atoms with E-state index in [4.69, 9.17) is 4.74 Å². The number of benzene rings is 2. The lowest BCUT2D eigenvalue weighted by Crippen LogP contribution is -2.56. The van der Waals surface area contributed by atoms with Crippen LogP contribution in [0.2, 0.25) is 0 Å². The van der Waals surface area contributed by atoms with Crippen LogP contribution in [0.4, 0.5) is 5.69 Å². The standard InChI is InChI=1S/C25H30BrN3O3/c1-32-22-11-9-21(10-12-22)27-24(30)23(18-5-2-3-6-18)28-13-15-29(16-14-28)25(31)19-7-4-8-20(26)17-19/h4,7-12,17-18,23H,2-3,5-6,13-16H2,1H3,(H,27,30). The molecule has 2 amide bonds. The number of amides is 2. The summed E-state index contributed by atoms with van der Waals surface area (Å²) in [5.41, 5.74) is 1.47. The van der Waals surface area contributed by atoms with Crippen LogP contribution in [0.1, 0.15) is 36.0 Å². The van der Waals surface area contributed by atoms with E-state index in [1.165, 1.54) is 12.8 Å². The third-order valence-corrected chi connectivity index (χ3v) is 7.03. The minimum absolute atomic E-state index is 0.0473. The Labute approximate surface area is 198 Å². The molecule has 0 spiro atoms. The fraction of sp³-hybridized carbons (Fsp3) is 0.440. The van der Waals surface area contributed by atoms with Gasteiger partial charge in [0.15, 0.2) is 0 Å². The van der Waals surface area contributed by atoms with Gasteiger partial charge in [0.1, 0.15) is 5.75 Å². The minimum Gasteiger partial charge on any atom is -0.497 e. The lowest BCUT2D eigenvalue weighted by Gasteiger charge is -2.40. The Bertz CT molecular complexity index is 936. The Morgan fingerprint density at radius 3 is 2.34 bits per heavy atom. The third-order valence-electron chi connectivity index (χ3n) is 6.54. The van der Waals surface area contributed by atoms with E-state index in [-0.39, 0.29) is 17.9 Å². The average Bonchev–Trinajstić information content (AvgIpc) is 3.34. The van der Waals surface area contributed by atoms with Crippen molar-refractivity contribution in [2.24, 2.45) is 5.92 Å². The van der Waals surface area contributed by atoms with E-state index in [1.54, 1.807) is 7.11 Å². The van der Waals surface area contributed by atoms with Gasteiger partial charge in [0.2, 0.25) is 5.91 Å². The Morgan fingerprint density at radius 1 is 1.03 bits per heavy atom. The van der Waals surface area contributed by atoms with Gasteiger partial charge in [-0.15, -0.1) is 0 Å². The molecule has 2 aromatic rings. The van der Waals surface area contributed by atoms with Gasteiger partial charge in [0.05, 0.1) is 13.2 Å². The summed E-state index contributed by atoms with van der Waals surface area (Å²) in [6, 6.07) is 14.8. The van der Waals surface area contributed by atoms with Gasteiger partial charge in [-0.2, -0.15) is 0 Å². The monoisotopic (exact) mass is 499 g/mol. The smallest absolute Gasteiger partial charge is 0.253 e. The number of piperazine rings is 1. The molecule has 170 valence electrons. The number of anilines is 1. The summed E-state index contributed by atoms with van der Waals surface area (Å²) >= 11 is 3.44. The number of methoxy groups -OCH3 is 1. The summed E-state index contributed by atoms with van der Waals surface area (Å²) in [6.07, 6.45) is 4.52. The molecule has 0 bridgehead atoms. The van der Waals surface area contributed by atoms with Gasteiger partial charge in [0.25, 0.3) is 5.91 Å². The maximum atomic E-state index is 13.4. The SMILES string of the molecule is COc1ccc(NC(=O)C(C2CCCC2)N2CCN(C(=O)c3cccc(Br)c3)CC2)cc1. The Kier molecular flexibility index (Phi) is 7.48. The topological polar surface area (TPSA) is 61.9 Å². The van der Waals surface area contributed by atoms with Gasteiger partial charge < -0.3 is 15.0 Å². The number of nitrogens with one attached hydrogen (secondary N) is 1. The summed E-state index contributed by atoms with van der Waals surface area (Å²) in [6.45, 7) is 2.67. The van der Waals surface area contributed by atoms with Crippen molar-refractivity contribution in [3.63, 3.8) is 0 Å². The second kappa shape index (κ2) is 10.5. The van der Waals surface area contributed by atoms with Crippen molar-refractivity contribution in [1.82, 2.24) is 9.80 Å². The normalized spacial score (nSPS) is 18.4. The van der Waals surface area contributed by atoms with Crippen molar-refractivity contribution in [2.75, 3.05) is 38.6 Å². The van der Waals surface area contributed by atoms with Crippen molar-refractivity contribution >= 4 is 33.4 Å². The summed E-state index contributed by atoms with van der Waals surface area (Å²) < 4.78 is 6.11. The lowest BCUT2D eigenvalue weighted by atomic mass is 9.94. The first kappa shape index (κ1) is 22.8. The maximum absolute atomic E-state index is 13.4. The van der Waals surface area contributed by atoms with Crippen LogP contribution in [0, 0.1) is 5.92 Å². The molecule has 2 fully saturated rings. The summed E-state index contributed by atoms with van der Waals surface area (Å²) in [7, 11) is 1.63. The summed E-state index contributed by atoms with van der Waals surface area (Å²) in [5.74, 6) is 1.22. The predicted molar refractivity (Wildman–Crippen MR) is 129 cm³/mol. The number of rotatable bonds is 6. The van der Waals surface area contributed by atoms with Crippen molar-refractivity contribution in [3.8, 4) is 5.75 Å². The van der Waals surface area contributed by atoms with Crippen LogP contribution in [-0.4, -0.2) is 60.9 Å². The third kappa shape index (κ3) is 5.33. The van der Waals surface area contributed by atoms with E-state index in [9.17, 15) is 9.59 Å². The number of carbonyl (C=O) groups excluding carboxylic acids is 2. The van der Waals surface area contributed by atoms with Crippen molar-refractivity contribution < 1.29 is 14.3 Å². The molecule has 1 N–H and O–H groups in total. The van der Waals surface area contributed by atoms with E-state index >= 15 is 0 Å². The Balaban J connectivity index is 1.42. The zero-order valence-corrected chi connectivity index (χ0v) is 20.0. The van der Waals surface area contributed by atoms with Gasteiger partial charge in [0, 0.05) is 41.9 Å². The largest absolute Gasteiger partial charge is 0.497 e. The molecule has 1 saturated heterocycles. The van der Waals surface area contributed by atoms with Crippen LogP contribution < -0.4 is 10.1 Å². The molecule has 32 heavy (non-hydrogen) atoms. The predicted octanol–water partition coefficient (Wildman–Crippen LogP) is 4.41. The second-order valence-corrected chi connectivity index (χ2v) is 9.46. The van der Waals surface area contributed by atoms with Gasteiger partial charge in [-0.3, -0.25) is 14.5 Å². The molecule has 2 aliphatic rings. The second-order valence-electron chi connectivity index (χ2n) is 8.55. The highest BCUT2D eigenvalue weighted by atomic mass is 79.9. The molecule has 0 aromatic heterocycles. The maximum Gasteiger partial charge on any atom is 0.253 e. The van der Waals surface area contributed by atoms with E-state index in [2.05, 4.69) is 26.1 Å². The quantitative estimate of drug-likeness (QED) is 0.639. The van der Waals surface area contributed by atoms with Crippen molar-refractivity contribution in [1.29, 1.82) is 0 Å². The molecule has 1 saturated carbocycles. The van der Waals surface area contributed by atoms with Crippen molar-refractivity contribution in [2.45, 2.75) is 31.7 Å². The first-order valence-electron chi connectivity index (χ1n) is 11.3. The van der Waals surface area contributed by atoms with E-state index < -0.39 is 0 Å². The molecular weight excluding hydrogens is 470 g/mol. The molecule has 1 heterocycles. The number of carbonyl (C=O) groups is 2. The molecule has 1 aliphatic heterocycles. The van der Waals surface area contributed by atoms with Crippen LogP contribution in [0.3, 0.4) is 0 Å². The Hall–Kier alpha value is -2.38. The molecule has 0 radical (unpaired) electrons. The fourth-order valence-electron chi connectivity index (χ4n) is 4.85. The van der Waals surface area contributed by atoms with Gasteiger partial charge in [-0.1, -0.05) is 34.8 Å². The highest BCUT2D eigenvalue weighted by Crippen LogP contribution is 2.32. The van der Waals surface area contributed by atoms with E-state index in [0.29, 0.717) is 37.7 Å².